The van der Waals surface area contributed by atoms with Crippen LogP contribution >= 0.6 is 0 Å². The smallest absolute Gasteiger partial charge is 0.191 e. The summed E-state index contributed by atoms with van der Waals surface area (Å²) >= 11 is 0. The number of hydrogen-bond donors (Lipinski definition) is 3. The van der Waals surface area contributed by atoms with Crippen molar-refractivity contribution >= 4 is 16.9 Å². The number of nitrogens with zero attached hydrogens (tertiary/aromatic N) is 2. The number of morpholine rings is 1. The minimum Gasteiger partial charge on any atom is -0.379 e. The number of aliphatic imine (C=N–C) groups is 1. The fraction of sp³-hybridized carbons (Fsp3) is 0.526. The predicted octanol–water partition coefficient (Wildman–Crippen LogP) is 1.52. The van der Waals surface area contributed by atoms with E-state index in [1.807, 2.05) is 7.05 Å². The van der Waals surface area contributed by atoms with Crippen molar-refractivity contribution < 1.29 is 4.74 Å². The molecule has 0 atom stereocenters. The van der Waals surface area contributed by atoms with Crippen LogP contribution in [0, 0.1) is 6.92 Å². The molecule has 1 aliphatic heterocycles. The highest BCUT2D eigenvalue weighted by Gasteiger charge is 2.10. The van der Waals surface area contributed by atoms with Crippen LogP contribution in [0.3, 0.4) is 0 Å². The van der Waals surface area contributed by atoms with E-state index in [0.717, 1.165) is 58.3 Å². The van der Waals surface area contributed by atoms with E-state index in [1.165, 1.54) is 22.2 Å². The van der Waals surface area contributed by atoms with Gasteiger partial charge in [-0.2, -0.15) is 0 Å². The highest BCUT2D eigenvalue weighted by Crippen LogP contribution is 2.21. The number of hydrogen-bond acceptors (Lipinski definition) is 3. The first-order chi connectivity index (χ1) is 12.3. The van der Waals surface area contributed by atoms with E-state index in [2.05, 4.69) is 56.7 Å². The van der Waals surface area contributed by atoms with Crippen molar-refractivity contribution in [2.75, 3.05) is 53.0 Å². The zero-order chi connectivity index (χ0) is 17.5. The minimum absolute atomic E-state index is 0.844. The Bertz CT molecular complexity index is 703. The number of guanidine groups is 1. The van der Waals surface area contributed by atoms with Crippen LogP contribution in [-0.2, 0) is 11.2 Å². The molecule has 3 rings (SSSR count). The molecule has 3 N–H and O–H groups in total. The number of ether oxygens (including phenoxy) is 1. The second kappa shape index (κ2) is 8.87. The van der Waals surface area contributed by atoms with Gasteiger partial charge in [0.2, 0.25) is 0 Å². The zero-order valence-electron chi connectivity index (χ0n) is 15.3. The third-order valence-corrected chi connectivity index (χ3v) is 4.74. The highest BCUT2D eigenvalue weighted by atomic mass is 16.5. The van der Waals surface area contributed by atoms with Crippen molar-refractivity contribution in [2.24, 2.45) is 4.99 Å². The Morgan fingerprint density at radius 3 is 2.76 bits per heavy atom. The first-order valence-corrected chi connectivity index (χ1v) is 9.08. The Morgan fingerprint density at radius 1 is 1.20 bits per heavy atom. The number of aryl methyl sites for hydroxylation is 1. The molecule has 1 aliphatic rings. The van der Waals surface area contributed by atoms with E-state index >= 15 is 0 Å². The molecule has 6 nitrogen and oxygen atoms in total. The first kappa shape index (κ1) is 17.8. The first-order valence-electron chi connectivity index (χ1n) is 9.08. The summed E-state index contributed by atoms with van der Waals surface area (Å²) < 4.78 is 5.38. The molecule has 1 aromatic carbocycles. The summed E-state index contributed by atoms with van der Waals surface area (Å²) in [6.07, 6.45) is 0.972. The molecular formula is C19H29N5O. The number of aromatic amines is 1. The molecule has 0 amide bonds. The average molecular weight is 343 g/mol. The van der Waals surface area contributed by atoms with Gasteiger partial charge in [-0.25, -0.2) is 0 Å². The molecular weight excluding hydrogens is 314 g/mol. The zero-order valence-corrected chi connectivity index (χ0v) is 15.3. The number of fused-ring (bicyclic) bond motifs is 1. The van der Waals surface area contributed by atoms with Crippen molar-refractivity contribution in [3.8, 4) is 0 Å². The molecule has 25 heavy (non-hydrogen) atoms. The van der Waals surface area contributed by atoms with Gasteiger partial charge in [0, 0.05) is 56.4 Å². The van der Waals surface area contributed by atoms with Gasteiger partial charge in [0.25, 0.3) is 0 Å². The van der Waals surface area contributed by atoms with Crippen LogP contribution in [0.5, 0.6) is 0 Å². The Hall–Kier alpha value is -2.05. The molecule has 0 bridgehead atoms. The maximum atomic E-state index is 5.38. The van der Waals surface area contributed by atoms with Gasteiger partial charge < -0.3 is 20.4 Å². The number of nitrogens with one attached hydrogen (secondary N) is 3. The van der Waals surface area contributed by atoms with Gasteiger partial charge in [0.15, 0.2) is 5.96 Å². The summed E-state index contributed by atoms with van der Waals surface area (Å²) in [5, 5.41) is 8.13. The van der Waals surface area contributed by atoms with Crippen LogP contribution in [-0.4, -0.2) is 68.8 Å². The molecule has 136 valence electrons. The Morgan fingerprint density at radius 2 is 1.96 bits per heavy atom. The summed E-state index contributed by atoms with van der Waals surface area (Å²) in [6, 6.07) is 8.48. The standard InChI is InChI=1S/C19H29N5O/c1-15-16(17-5-3-4-6-18(17)23-15)7-8-21-19(20-2)22-9-10-24-11-13-25-14-12-24/h3-6,23H,7-14H2,1-2H3,(H2,20,21,22). The molecule has 1 aromatic heterocycles. The number of H-pyrrole nitrogens is 1. The maximum absolute atomic E-state index is 5.38. The summed E-state index contributed by atoms with van der Waals surface area (Å²) in [5.74, 6) is 0.866. The molecule has 0 saturated carbocycles. The van der Waals surface area contributed by atoms with Crippen LogP contribution < -0.4 is 10.6 Å². The summed E-state index contributed by atoms with van der Waals surface area (Å²) in [6.45, 7) is 8.65. The van der Waals surface area contributed by atoms with E-state index < -0.39 is 0 Å². The molecule has 2 aromatic rings. The SMILES string of the molecule is CN=C(NCCc1c(C)[nH]c2ccccc12)NCCN1CCOCC1. The van der Waals surface area contributed by atoms with E-state index in [1.54, 1.807) is 0 Å². The predicted molar refractivity (Wildman–Crippen MR) is 103 cm³/mol. The molecule has 0 radical (unpaired) electrons. The van der Waals surface area contributed by atoms with Gasteiger partial charge in [-0.3, -0.25) is 9.89 Å². The van der Waals surface area contributed by atoms with Crippen molar-refractivity contribution in [1.82, 2.24) is 20.5 Å². The van der Waals surface area contributed by atoms with Gasteiger partial charge in [-0.05, 0) is 25.0 Å². The number of para-hydroxylation sites is 1. The fourth-order valence-corrected chi connectivity index (χ4v) is 3.34. The molecule has 0 aliphatic carbocycles. The third kappa shape index (κ3) is 4.74. The number of benzene rings is 1. The van der Waals surface area contributed by atoms with Gasteiger partial charge in [0.1, 0.15) is 0 Å². The second-order valence-corrected chi connectivity index (χ2v) is 6.40. The minimum atomic E-state index is 0.844. The van der Waals surface area contributed by atoms with Crippen LogP contribution in [0.25, 0.3) is 10.9 Å². The topological polar surface area (TPSA) is 64.7 Å². The normalized spacial score (nSPS) is 16.3. The van der Waals surface area contributed by atoms with E-state index in [4.69, 9.17) is 4.74 Å². The van der Waals surface area contributed by atoms with Gasteiger partial charge in [0.05, 0.1) is 13.2 Å². The van der Waals surface area contributed by atoms with Crippen molar-refractivity contribution in [1.29, 1.82) is 0 Å². The summed E-state index contributed by atoms with van der Waals surface area (Å²) in [5.41, 5.74) is 3.84. The van der Waals surface area contributed by atoms with Crippen LogP contribution in [0.1, 0.15) is 11.3 Å². The largest absolute Gasteiger partial charge is 0.379 e. The Labute approximate surface area is 149 Å². The third-order valence-electron chi connectivity index (χ3n) is 4.74. The molecule has 1 saturated heterocycles. The van der Waals surface area contributed by atoms with Crippen LogP contribution in [0.15, 0.2) is 29.3 Å². The molecule has 0 unspecified atom stereocenters. The lowest BCUT2D eigenvalue weighted by atomic mass is 10.1. The Balaban J connectivity index is 1.44. The lowest BCUT2D eigenvalue weighted by Crippen LogP contribution is -2.44. The summed E-state index contributed by atoms with van der Waals surface area (Å²) in [4.78, 5) is 10.2. The Kier molecular flexibility index (Phi) is 6.30. The monoisotopic (exact) mass is 343 g/mol. The van der Waals surface area contributed by atoms with Crippen LogP contribution in [0.2, 0.25) is 0 Å². The number of aromatic nitrogens is 1. The quantitative estimate of drug-likeness (QED) is 0.550. The molecule has 0 spiro atoms. The van der Waals surface area contributed by atoms with E-state index in [0.29, 0.717) is 0 Å². The summed E-state index contributed by atoms with van der Waals surface area (Å²) in [7, 11) is 1.82. The van der Waals surface area contributed by atoms with E-state index in [9.17, 15) is 0 Å². The van der Waals surface area contributed by atoms with Crippen molar-refractivity contribution in [3.63, 3.8) is 0 Å². The molecule has 6 heteroatoms. The van der Waals surface area contributed by atoms with Crippen molar-refractivity contribution in [2.45, 2.75) is 13.3 Å². The lowest BCUT2D eigenvalue weighted by molar-refractivity contribution is 0.0389. The van der Waals surface area contributed by atoms with Crippen LogP contribution in [0.4, 0.5) is 0 Å². The fourth-order valence-electron chi connectivity index (χ4n) is 3.34. The molecule has 2 heterocycles. The van der Waals surface area contributed by atoms with Gasteiger partial charge in [-0.1, -0.05) is 18.2 Å². The average Bonchev–Trinajstić information content (AvgIpc) is 2.97. The maximum Gasteiger partial charge on any atom is 0.191 e. The molecule has 1 fully saturated rings. The highest BCUT2D eigenvalue weighted by molar-refractivity contribution is 5.84. The second-order valence-electron chi connectivity index (χ2n) is 6.40. The van der Waals surface area contributed by atoms with E-state index in [-0.39, 0.29) is 0 Å². The van der Waals surface area contributed by atoms with Gasteiger partial charge >= 0.3 is 0 Å². The number of rotatable bonds is 6. The van der Waals surface area contributed by atoms with Gasteiger partial charge in [-0.15, -0.1) is 0 Å². The van der Waals surface area contributed by atoms with Crippen molar-refractivity contribution in [3.05, 3.63) is 35.5 Å². The lowest BCUT2D eigenvalue weighted by Gasteiger charge is -2.26.